The van der Waals surface area contributed by atoms with E-state index in [1.54, 1.807) is 0 Å². The Morgan fingerprint density at radius 2 is 1.82 bits per heavy atom. The van der Waals surface area contributed by atoms with Crippen molar-refractivity contribution < 1.29 is 8.42 Å². The van der Waals surface area contributed by atoms with E-state index >= 15 is 0 Å². The second-order valence-corrected chi connectivity index (χ2v) is 6.30. The SMILES string of the molecule is CCN(CC)S(=O)(=O)NC1CCCCC1CN. The number of hydrogen-bond donors (Lipinski definition) is 2. The van der Waals surface area contributed by atoms with Crippen molar-refractivity contribution in [1.82, 2.24) is 9.03 Å². The standard InChI is InChI=1S/C11H25N3O2S/c1-3-14(4-2)17(15,16)13-11-8-6-5-7-10(11)9-12/h10-11,13H,3-9,12H2,1-2H3. The van der Waals surface area contributed by atoms with E-state index in [0.29, 0.717) is 19.6 Å². The van der Waals surface area contributed by atoms with E-state index in [1.165, 1.54) is 4.31 Å². The van der Waals surface area contributed by atoms with Crippen LogP contribution in [0, 0.1) is 5.92 Å². The van der Waals surface area contributed by atoms with E-state index < -0.39 is 10.2 Å². The summed E-state index contributed by atoms with van der Waals surface area (Å²) >= 11 is 0. The van der Waals surface area contributed by atoms with Crippen LogP contribution in [0.5, 0.6) is 0 Å². The fourth-order valence-corrected chi connectivity index (χ4v) is 4.00. The van der Waals surface area contributed by atoms with Gasteiger partial charge in [0, 0.05) is 19.1 Å². The number of nitrogens with one attached hydrogen (secondary N) is 1. The summed E-state index contributed by atoms with van der Waals surface area (Å²) < 4.78 is 28.5. The number of rotatable bonds is 6. The van der Waals surface area contributed by atoms with Crippen LogP contribution >= 0.6 is 0 Å². The highest BCUT2D eigenvalue weighted by Gasteiger charge is 2.29. The molecule has 17 heavy (non-hydrogen) atoms. The lowest BCUT2D eigenvalue weighted by Crippen LogP contribution is -2.50. The second-order valence-electron chi connectivity index (χ2n) is 4.59. The second kappa shape index (κ2) is 6.68. The molecule has 102 valence electrons. The van der Waals surface area contributed by atoms with Crippen LogP contribution in [0.3, 0.4) is 0 Å². The molecule has 0 bridgehead atoms. The Hall–Kier alpha value is -0.170. The molecule has 0 saturated heterocycles. The lowest BCUT2D eigenvalue weighted by Gasteiger charge is -2.32. The normalized spacial score (nSPS) is 26.4. The third-order valence-corrected chi connectivity index (χ3v) is 5.35. The smallest absolute Gasteiger partial charge is 0.279 e. The van der Waals surface area contributed by atoms with Crippen molar-refractivity contribution in [2.24, 2.45) is 11.7 Å². The molecule has 1 aliphatic rings. The van der Waals surface area contributed by atoms with Crippen LogP contribution in [0.2, 0.25) is 0 Å². The third kappa shape index (κ3) is 3.91. The summed E-state index contributed by atoms with van der Waals surface area (Å²) in [6.45, 7) is 5.27. The molecule has 0 aromatic heterocycles. The van der Waals surface area contributed by atoms with Crippen molar-refractivity contribution in [3.05, 3.63) is 0 Å². The van der Waals surface area contributed by atoms with Crippen molar-refractivity contribution in [3.63, 3.8) is 0 Å². The van der Waals surface area contributed by atoms with Gasteiger partial charge >= 0.3 is 0 Å². The summed E-state index contributed by atoms with van der Waals surface area (Å²) in [5.74, 6) is 0.286. The van der Waals surface area contributed by atoms with Gasteiger partial charge in [-0.3, -0.25) is 0 Å². The van der Waals surface area contributed by atoms with Gasteiger partial charge in [0.25, 0.3) is 10.2 Å². The Labute approximate surface area is 105 Å². The van der Waals surface area contributed by atoms with Crippen molar-refractivity contribution in [3.8, 4) is 0 Å². The van der Waals surface area contributed by atoms with E-state index in [1.807, 2.05) is 13.8 Å². The molecule has 0 aromatic rings. The van der Waals surface area contributed by atoms with E-state index in [4.69, 9.17) is 5.73 Å². The molecular formula is C11H25N3O2S. The minimum Gasteiger partial charge on any atom is -0.330 e. The molecule has 1 rings (SSSR count). The van der Waals surface area contributed by atoms with Gasteiger partial charge in [0.15, 0.2) is 0 Å². The first-order valence-corrected chi connectivity index (χ1v) is 7.96. The minimum absolute atomic E-state index is 0.0133. The van der Waals surface area contributed by atoms with Crippen molar-refractivity contribution in [2.45, 2.75) is 45.6 Å². The first-order chi connectivity index (χ1) is 8.05. The van der Waals surface area contributed by atoms with Gasteiger partial charge in [-0.1, -0.05) is 26.7 Å². The van der Waals surface area contributed by atoms with Gasteiger partial charge in [-0.05, 0) is 25.3 Å². The Morgan fingerprint density at radius 1 is 1.24 bits per heavy atom. The Balaban J connectivity index is 2.68. The van der Waals surface area contributed by atoms with Crippen LogP contribution in [-0.2, 0) is 10.2 Å². The maximum Gasteiger partial charge on any atom is 0.279 e. The summed E-state index contributed by atoms with van der Waals surface area (Å²) in [7, 11) is -3.34. The Kier molecular flexibility index (Phi) is 5.85. The molecule has 1 aliphatic carbocycles. The molecule has 1 fully saturated rings. The van der Waals surface area contributed by atoms with Crippen molar-refractivity contribution in [1.29, 1.82) is 0 Å². The van der Waals surface area contributed by atoms with Crippen LogP contribution in [0.25, 0.3) is 0 Å². The third-order valence-electron chi connectivity index (χ3n) is 3.56. The molecule has 0 heterocycles. The molecule has 3 N–H and O–H groups in total. The lowest BCUT2D eigenvalue weighted by atomic mass is 9.85. The highest BCUT2D eigenvalue weighted by atomic mass is 32.2. The largest absolute Gasteiger partial charge is 0.330 e. The quantitative estimate of drug-likeness (QED) is 0.740. The Morgan fingerprint density at radius 3 is 2.35 bits per heavy atom. The van der Waals surface area contributed by atoms with Crippen molar-refractivity contribution in [2.75, 3.05) is 19.6 Å². The maximum atomic E-state index is 12.1. The van der Waals surface area contributed by atoms with Gasteiger partial charge in [-0.2, -0.15) is 17.4 Å². The van der Waals surface area contributed by atoms with Gasteiger partial charge in [0.2, 0.25) is 0 Å². The van der Waals surface area contributed by atoms with Crippen molar-refractivity contribution >= 4 is 10.2 Å². The summed E-state index contributed by atoms with van der Waals surface area (Å²) in [4.78, 5) is 0. The van der Waals surface area contributed by atoms with Gasteiger partial charge < -0.3 is 5.73 Å². The van der Waals surface area contributed by atoms with Gasteiger partial charge in [0.1, 0.15) is 0 Å². The molecule has 5 nitrogen and oxygen atoms in total. The van der Waals surface area contributed by atoms with Crippen LogP contribution in [-0.4, -0.2) is 38.4 Å². The van der Waals surface area contributed by atoms with Gasteiger partial charge in [-0.25, -0.2) is 0 Å². The molecule has 0 aliphatic heterocycles. The molecule has 6 heteroatoms. The van der Waals surface area contributed by atoms with Gasteiger partial charge in [0.05, 0.1) is 0 Å². The fourth-order valence-electron chi connectivity index (χ4n) is 2.47. The topological polar surface area (TPSA) is 75.4 Å². The lowest BCUT2D eigenvalue weighted by molar-refractivity contribution is 0.289. The summed E-state index contributed by atoms with van der Waals surface area (Å²) in [5.41, 5.74) is 5.71. The van der Waals surface area contributed by atoms with Crippen LogP contribution < -0.4 is 10.5 Å². The summed E-state index contributed by atoms with van der Waals surface area (Å²) in [5, 5.41) is 0. The molecular weight excluding hydrogens is 238 g/mol. The average Bonchev–Trinajstić information content (AvgIpc) is 2.30. The number of nitrogens with two attached hydrogens (primary N) is 1. The monoisotopic (exact) mass is 263 g/mol. The predicted octanol–water partition coefficient (Wildman–Crippen LogP) is 0.680. The van der Waals surface area contributed by atoms with E-state index in [2.05, 4.69) is 4.72 Å². The zero-order valence-electron chi connectivity index (χ0n) is 10.9. The minimum atomic E-state index is -3.34. The molecule has 2 unspecified atom stereocenters. The molecule has 0 aromatic carbocycles. The zero-order valence-corrected chi connectivity index (χ0v) is 11.7. The zero-order chi connectivity index (χ0) is 12.9. The first kappa shape index (κ1) is 14.9. The first-order valence-electron chi connectivity index (χ1n) is 6.52. The Bertz CT molecular complexity index is 315. The number of nitrogens with zero attached hydrogens (tertiary/aromatic N) is 1. The molecule has 0 radical (unpaired) electrons. The summed E-state index contributed by atoms with van der Waals surface area (Å²) in [6, 6.07) is 0.0133. The molecule has 0 spiro atoms. The van der Waals surface area contributed by atoms with E-state index in [9.17, 15) is 8.42 Å². The fraction of sp³-hybridized carbons (Fsp3) is 1.00. The predicted molar refractivity (Wildman–Crippen MR) is 69.8 cm³/mol. The van der Waals surface area contributed by atoms with Crippen LogP contribution in [0.15, 0.2) is 0 Å². The maximum absolute atomic E-state index is 12.1. The molecule has 0 amide bonds. The van der Waals surface area contributed by atoms with Crippen LogP contribution in [0.1, 0.15) is 39.5 Å². The average molecular weight is 263 g/mol. The highest BCUT2D eigenvalue weighted by molar-refractivity contribution is 7.87. The van der Waals surface area contributed by atoms with Gasteiger partial charge in [-0.15, -0.1) is 0 Å². The molecule has 2 atom stereocenters. The van der Waals surface area contributed by atoms with E-state index in [0.717, 1.165) is 25.7 Å². The van der Waals surface area contributed by atoms with Crippen LogP contribution in [0.4, 0.5) is 0 Å². The number of hydrogen-bond acceptors (Lipinski definition) is 3. The summed E-state index contributed by atoms with van der Waals surface area (Å²) in [6.07, 6.45) is 4.18. The highest BCUT2D eigenvalue weighted by Crippen LogP contribution is 2.24. The van der Waals surface area contributed by atoms with E-state index in [-0.39, 0.29) is 12.0 Å². The molecule has 1 saturated carbocycles.